The molecule has 88 valence electrons. The lowest BCUT2D eigenvalue weighted by atomic mass is 9.99. The van der Waals surface area contributed by atoms with Crippen molar-refractivity contribution in [1.29, 1.82) is 0 Å². The van der Waals surface area contributed by atoms with Crippen molar-refractivity contribution in [3.05, 3.63) is 0 Å². The first kappa shape index (κ1) is 12.5. The number of rotatable bonds is 4. The third-order valence-corrected chi connectivity index (χ3v) is 3.20. The molecule has 1 saturated heterocycles. The van der Waals surface area contributed by atoms with Crippen LogP contribution in [0.1, 0.15) is 32.6 Å². The summed E-state index contributed by atoms with van der Waals surface area (Å²) in [6, 6.07) is 0.685. The van der Waals surface area contributed by atoms with Crippen molar-refractivity contribution < 1.29 is 9.53 Å². The third-order valence-electron chi connectivity index (χ3n) is 3.20. The van der Waals surface area contributed by atoms with Crippen molar-refractivity contribution in [2.45, 2.75) is 44.7 Å². The number of methoxy groups -OCH3 is 1. The topological polar surface area (TPSA) is 55.6 Å². The van der Waals surface area contributed by atoms with Gasteiger partial charge in [0.1, 0.15) is 0 Å². The highest BCUT2D eigenvalue weighted by molar-refractivity contribution is 5.69. The standard InChI is InChI=1S/C11H22N2O2/c1-9(7-11(14)15-2)13-6-4-3-5-10(13)8-12/h9-10H,3-8,12H2,1-2H3. The average molecular weight is 214 g/mol. The Morgan fingerprint density at radius 1 is 1.60 bits per heavy atom. The van der Waals surface area contributed by atoms with Gasteiger partial charge in [-0.2, -0.15) is 0 Å². The Morgan fingerprint density at radius 2 is 2.33 bits per heavy atom. The molecule has 0 bridgehead atoms. The molecule has 0 aromatic heterocycles. The van der Waals surface area contributed by atoms with Gasteiger partial charge in [-0.3, -0.25) is 9.69 Å². The molecule has 0 aliphatic carbocycles. The predicted octanol–water partition coefficient (Wildman–Crippen LogP) is 0.751. The van der Waals surface area contributed by atoms with Crippen molar-refractivity contribution in [3.8, 4) is 0 Å². The number of hydrogen-bond donors (Lipinski definition) is 1. The van der Waals surface area contributed by atoms with Gasteiger partial charge in [-0.05, 0) is 26.3 Å². The van der Waals surface area contributed by atoms with Crippen molar-refractivity contribution in [2.24, 2.45) is 5.73 Å². The summed E-state index contributed by atoms with van der Waals surface area (Å²) in [5.41, 5.74) is 5.74. The summed E-state index contributed by atoms with van der Waals surface area (Å²) in [5.74, 6) is -0.135. The van der Waals surface area contributed by atoms with E-state index in [1.54, 1.807) is 0 Å². The molecule has 0 amide bonds. The number of likely N-dealkylation sites (tertiary alicyclic amines) is 1. The van der Waals surface area contributed by atoms with Gasteiger partial charge in [0.15, 0.2) is 0 Å². The molecule has 2 unspecified atom stereocenters. The maximum atomic E-state index is 11.2. The van der Waals surface area contributed by atoms with E-state index in [0.29, 0.717) is 19.0 Å². The van der Waals surface area contributed by atoms with Gasteiger partial charge in [0.25, 0.3) is 0 Å². The lowest BCUT2D eigenvalue weighted by molar-refractivity contribution is -0.142. The molecule has 1 aliphatic rings. The number of nitrogens with zero attached hydrogens (tertiary/aromatic N) is 1. The van der Waals surface area contributed by atoms with Gasteiger partial charge in [-0.25, -0.2) is 0 Å². The molecule has 1 fully saturated rings. The van der Waals surface area contributed by atoms with E-state index >= 15 is 0 Å². The molecule has 2 N–H and O–H groups in total. The van der Waals surface area contributed by atoms with E-state index in [1.165, 1.54) is 20.0 Å². The van der Waals surface area contributed by atoms with E-state index in [0.717, 1.165) is 13.0 Å². The van der Waals surface area contributed by atoms with Gasteiger partial charge >= 0.3 is 5.97 Å². The molecule has 1 rings (SSSR count). The first-order valence-corrected chi connectivity index (χ1v) is 5.71. The summed E-state index contributed by atoms with van der Waals surface area (Å²) < 4.78 is 4.68. The van der Waals surface area contributed by atoms with Crippen LogP contribution in [0.2, 0.25) is 0 Å². The van der Waals surface area contributed by atoms with Crippen LogP contribution in [0.15, 0.2) is 0 Å². The lowest BCUT2D eigenvalue weighted by Crippen LogP contribution is -2.49. The Morgan fingerprint density at radius 3 is 2.93 bits per heavy atom. The summed E-state index contributed by atoms with van der Waals surface area (Å²) in [7, 11) is 1.44. The molecule has 15 heavy (non-hydrogen) atoms. The fourth-order valence-corrected chi connectivity index (χ4v) is 2.30. The zero-order valence-corrected chi connectivity index (χ0v) is 9.74. The molecule has 4 nitrogen and oxygen atoms in total. The number of esters is 1. The average Bonchev–Trinajstić information content (AvgIpc) is 2.28. The summed E-state index contributed by atoms with van der Waals surface area (Å²) >= 11 is 0. The molecule has 0 saturated carbocycles. The summed E-state index contributed by atoms with van der Waals surface area (Å²) in [4.78, 5) is 13.5. The summed E-state index contributed by atoms with van der Waals surface area (Å²) in [5, 5.41) is 0. The second kappa shape index (κ2) is 6.08. The van der Waals surface area contributed by atoms with Crippen LogP contribution >= 0.6 is 0 Å². The highest BCUT2D eigenvalue weighted by Gasteiger charge is 2.26. The largest absolute Gasteiger partial charge is 0.469 e. The van der Waals surface area contributed by atoms with Gasteiger partial charge < -0.3 is 10.5 Å². The first-order valence-electron chi connectivity index (χ1n) is 5.71. The number of piperidine rings is 1. The van der Waals surface area contributed by atoms with Crippen LogP contribution in [-0.4, -0.2) is 43.2 Å². The predicted molar refractivity (Wildman–Crippen MR) is 59.5 cm³/mol. The minimum absolute atomic E-state index is 0.135. The molecule has 1 aliphatic heterocycles. The smallest absolute Gasteiger partial charge is 0.307 e. The van der Waals surface area contributed by atoms with Crippen LogP contribution in [-0.2, 0) is 9.53 Å². The zero-order valence-electron chi connectivity index (χ0n) is 9.74. The Kier molecular flexibility index (Phi) is 5.05. The third kappa shape index (κ3) is 3.47. The Labute approximate surface area is 91.8 Å². The van der Waals surface area contributed by atoms with E-state index in [4.69, 9.17) is 5.73 Å². The minimum atomic E-state index is -0.135. The molecule has 0 spiro atoms. The molecule has 0 aromatic carbocycles. The molecular formula is C11H22N2O2. The van der Waals surface area contributed by atoms with Crippen LogP contribution in [0.3, 0.4) is 0 Å². The van der Waals surface area contributed by atoms with Crippen molar-refractivity contribution in [1.82, 2.24) is 4.90 Å². The second-order valence-corrected chi connectivity index (χ2v) is 4.25. The quantitative estimate of drug-likeness (QED) is 0.702. The SMILES string of the molecule is COC(=O)CC(C)N1CCCCC1CN. The minimum Gasteiger partial charge on any atom is -0.469 e. The van der Waals surface area contributed by atoms with Gasteiger partial charge in [0.2, 0.25) is 0 Å². The number of carbonyl (C=O) groups is 1. The maximum Gasteiger partial charge on any atom is 0.307 e. The lowest BCUT2D eigenvalue weighted by Gasteiger charge is -2.39. The first-order chi connectivity index (χ1) is 7.19. The van der Waals surface area contributed by atoms with E-state index in [9.17, 15) is 4.79 Å². The molecular weight excluding hydrogens is 192 g/mol. The monoisotopic (exact) mass is 214 g/mol. The maximum absolute atomic E-state index is 11.2. The van der Waals surface area contributed by atoms with Crippen LogP contribution in [0, 0.1) is 0 Å². The highest BCUT2D eigenvalue weighted by atomic mass is 16.5. The van der Waals surface area contributed by atoms with E-state index in [2.05, 4.69) is 16.6 Å². The van der Waals surface area contributed by atoms with Crippen LogP contribution in [0.4, 0.5) is 0 Å². The molecule has 1 heterocycles. The summed E-state index contributed by atoms with van der Waals surface area (Å²) in [6.45, 7) is 3.82. The van der Waals surface area contributed by atoms with Crippen LogP contribution in [0.5, 0.6) is 0 Å². The second-order valence-electron chi connectivity index (χ2n) is 4.25. The fourth-order valence-electron chi connectivity index (χ4n) is 2.30. The van der Waals surface area contributed by atoms with Gasteiger partial charge in [0.05, 0.1) is 13.5 Å². The van der Waals surface area contributed by atoms with E-state index < -0.39 is 0 Å². The van der Waals surface area contributed by atoms with Crippen LogP contribution < -0.4 is 5.73 Å². The van der Waals surface area contributed by atoms with Gasteiger partial charge in [0, 0.05) is 18.6 Å². The Bertz CT molecular complexity index is 209. The highest BCUT2D eigenvalue weighted by Crippen LogP contribution is 2.20. The number of ether oxygens (including phenoxy) is 1. The zero-order chi connectivity index (χ0) is 11.3. The number of carbonyl (C=O) groups excluding carboxylic acids is 1. The number of hydrogen-bond acceptors (Lipinski definition) is 4. The fraction of sp³-hybridized carbons (Fsp3) is 0.909. The molecule has 2 atom stereocenters. The molecule has 0 aromatic rings. The Hall–Kier alpha value is -0.610. The molecule has 4 heteroatoms. The van der Waals surface area contributed by atoms with Crippen molar-refractivity contribution >= 4 is 5.97 Å². The number of nitrogens with two attached hydrogens (primary N) is 1. The van der Waals surface area contributed by atoms with Crippen LogP contribution in [0.25, 0.3) is 0 Å². The van der Waals surface area contributed by atoms with Gasteiger partial charge in [-0.1, -0.05) is 6.42 Å². The molecule has 0 radical (unpaired) electrons. The Balaban J connectivity index is 2.47. The van der Waals surface area contributed by atoms with E-state index in [1.807, 2.05) is 0 Å². The van der Waals surface area contributed by atoms with Crippen molar-refractivity contribution in [2.75, 3.05) is 20.2 Å². The normalized spacial score (nSPS) is 24.9. The van der Waals surface area contributed by atoms with E-state index in [-0.39, 0.29) is 12.0 Å². The summed E-state index contributed by atoms with van der Waals surface area (Å²) in [6.07, 6.45) is 4.08. The van der Waals surface area contributed by atoms with Crippen molar-refractivity contribution in [3.63, 3.8) is 0 Å². The van der Waals surface area contributed by atoms with Gasteiger partial charge in [-0.15, -0.1) is 0 Å².